The number of carbonyl (C=O) groups is 1. The van der Waals surface area contributed by atoms with Crippen molar-refractivity contribution in [3.05, 3.63) is 105 Å². The number of amides is 1. The van der Waals surface area contributed by atoms with Gasteiger partial charge in [-0.3, -0.25) is 9.69 Å². The number of hydrogen-bond donors (Lipinski definition) is 0. The molecule has 36 heavy (non-hydrogen) atoms. The van der Waals surface area contributed by atoms with Crippen LogP contribution in [0.4, 0.5) is 5.69 Å². The van der Waals surface area contributed by atoms with Crippen molar-refractivity contribution >= 4 is 72.7 Å². The largest absolute Gasteiger partial charge is 0.490 e. The Hall–Kier alpha value is -3.13. The highest BCUT2D eigenvalue weighted by Gasteiger charge is 2.34. The lowest BCUT2D eigenvalue weighted by Crippen LogP contribution is -2.27. The lowest BCUT2D eigenvalue weighted by molar-refractivity contribution is -0.113. The minimum atomic E-state index is -0.139. The molecule has 1 aliphatic rings. The van der Waals surface area contributed by atoms with E-state index >= 15 is 0 Å². The van der Waals surface area contributed by atoms with Gasteiger partial charge in [-0.25, -0.2) is 0 Å². The molecule has 0 aromatic heterocycles. The number of thioether (sulfide) groups is 1. The number of halogens is 1. The molecule has 4 aromatic carbocycles. The van der Waals surface area contributed by atoms with Crippen molar-refractivity contribution in [3.8, 4) is 11.5 Å². The molecule has 1 heterocycles. The molecule has 4 nitrogen and oxygen atoms in total. The molecule has 1 fully saturated rings. The molecule has 4 aromatic rings. The molecule has 1 aliphatic heterocycles. The van der Waals surface area contributed by atoms with Crippen molar-refractivity contribution in [1.82, 2.24) is 0 Å². The van der Waals surface area contributed by atoms with Gasteiger partial charge in [-0.15, -0.1) is 0 Å². The van der Waals surface area contributed by atoms with Gasteiger partial charge in [0.1, 0.15) is 6.61 Å². The SMILES string of the molecule is CCOc1cc(/C=C2\SC(=S)N(c3cccc4ccccc34)C2=O)cc(Br)c1OCc1ccccc1. The molecule has 7 heteroatoms. The van der Waals surface area contributed by atoms with Crippen LogP contribution >= 0.6 is 39.9 Å². The minimum absolute atomic E-state index is 0.139. The first-order valence-electron chi connectivity index (χ1n) is 11.4. The van der Waals surface area contributed by atoms with Crippen LogP contribution in [0.25, 0.3) is 16.8 Å². The third-order valence-electron chi connectivity index (χ3n) is 5.66. The summed E-state index contributed by atoms with van der Waals surface area (Å²) in [5, 5.41) is 2.04. The smallest absolute Gasteiger partial charge is 0.270 e. The Labute approximate surface area is 228 Å². The van der Waals surface area contributed by atoms with Crippen LogP contribution in [0.2, 0.25) is 0 Å². The van der Waals surface area contributed by atoms with E-state index in [-0.39, 0.29) is 5.91 Å². The summed E-state index contributed by atoms with van der Waals surface area (Å²) in [6.07, 6.45) is 1.85. The predicted molar refractivity (Wildman–Crippen MR) is 156 cm³/mol. The highest BCUT2D eigenvalue weighted by molar-refractivity contribution is 9.10. The van der Waals surface area contributed by atoms with Crippen molar-refractivity contribution in [2.75, 3.05) is 11.5 Å². The van der Waals surface area contributed by atoms with Crippen LogP contribution < -0.4 is 14.4 Å². The first-order chi connectivity index (χ1) is 17.5. The molecule has 0 bridgehead atoms. The van der Waals surface area contributed by atoms with E-state index in [1.165, 1.54) is 11.8 Å². The van der Waals surface area contributed by atoms with Crippen molar-refractivity contribution in [2.45, 2.75) is 13.5 Å². The number of fused-ring (bicyclic) bond motifs is 1. The monoisotopic (exact) mass is 575 g/mol. The Morgan fingerprint density at radius 3 is 2.53 bits per heavy atom. The van der Waals surface area contributed by atoms with Crippen molar-refractivity contribution in [3.63, 3.8) is 0 Å². The van der Waals surface area contributed by atoms with Gasteiger partial charge in [0, 0.05) is 5.39 Å². The normalized spacial score (nSPS) is 14.6. The van der Waals surface area contributed by atoms with Gasteiger partial charge in [-0.05, 0) is 63.6 Å². The predicted octanol–water partition coefficient (Wildman–Crippen LogP) is 7.99. The molecule has 5 rings (SSSR count). The molecular weight excluding hydrogens is 554 g/mol. The fourth-order valence-corrected chi connectivity index (χ4v) is 5.89. The topological polar surface area (TPSA) is 38.8 Å². The van der Waals surface area contributed by atoms with Gasteiger partial charge in [0.05, 0.1) is 21.7 Å². The van der Waals surface area contributed by atoms with Gasteiger partial charge in [-0.1, -0.05) is 90.7 Å². The zero-order valence-corrected chi connectivity index (χ0v) is 22.7. The summed E-state index contributed by atoms with van der Waals surface area (Å²) < 4.78 is 13.2. The maximum Gasteiger partial charge on any atom is 0.270 e. The molecule has 0 spiro atoms. The maximum atomic E-state index is 13.5. The fraction of sp³-hybridized carbons (Fsp3) is 0.103. The summed E-state index contributed by atoms with van der Waals surface area (Å²) in [5.41, 5.74) is 2.67. The van der Waals surface area contributed by atoms with Gasteiger partial charge in [0.2, 0.25) is 0 Å². The summed E-state index contributed by atoms with van der Waals surface area (Å²) in [6.45, 7) is 2.83. The Balaban J connectivity index is 1.45. The molecule has 1 amide bonds. The van der Waals surface area contributed by atoms with Crippen LogP contribution in [-0.2, 0) is 11.4 Å². The zero-order chi connectivity index (χ0) is 25.1. The van der Waals surface area contributed by atoms with Crippen molar-refractivity contribution < 1.29 is 14.3 Å². The summed E-state index contributed by atoms with van der Waals surface area (Å²) in [7, 11) is 0. The van der Waals surface area contributed by atoms with Gasteiger partial charge in [-0.2, -0.15) is 0 Å². The molecular formula is C29H22BrNO3S2. The summed E-state index contributed by atoms with van der Waals surface area (Å²) in [5.74, 6) is 1.10. The average molecular weight is 577 g/mol. The second kappa shape index (κ2) is 10.9. The van der Waals surface area contributed by atoms with E-state index in [4.69, 9.17) is 21.7 Å². The van der Waals surface area contributed by atoms with Crippen LogP contribution in [0, 0.1) is 0 Å². The number of carbonyl (C=O) groups excluding carboxylic acids is 1. The number of benzene rings is 4. The standard InChI is InChI=1S/C29H22BrNO3S2/c1-2-33-25-16-20(15-23(30)27(25)34-18-19-9-4-3-5-10-19)17-26-28(32)31(29(35)36-26)24-14-8-12-21-11-6-7-13-22(21)24/h3-17H,2,18H2,1H3/b26-17-. The van der Waals surface area contributed by atoms with Gasteiger partial charge < -0.3 is 9.47 Å². The zero-order valence-electron chi connectivity index (χ0n) is 19.4. The molecule has 0 N–H and O–H groups in total. The highest BCUT2D eigenvalue weighted by atomic mass is 79.9. The van der Waals surface area contributed by atoms with E-state index in [1.807, 2.05) is 97.9 Å². The van der Waals surface area contributed by atoms with E-state index in [0.29, 0.717) is 33.9 Å². The Morgan fingerprint density at radius 1 is 0.972 bits per heavy atom. The van der Waals surface area contributed by atoms with Gasteiger partial charge >= 0.3 is 0 Å². The first kappa shape index (κ1) is 24.6. The van der Waals surface area contributed by atoms with Crippen molar-refractivity contribution in [1.29, 1.82) is 0 Å². The number of nitrogens with zero attached hydrogens (tertiary/aromatic N) is 1. The van der Waals surface area contributed by atoms with E-state index < -0.39 is 0 Å². The lowest BCUT2D eigenvalue weighted by Gasteiger charge is -2.17. The van der Waals surface area contributed by atoms with Gasteiger partial charge in [0.25, 0.3) is 5.91 Å². The van der Waals surface area contributed by atoms with Crippen LogP contribution in [0.5, 0.6) is 11.5 Å². The molecule has 0 atom stereocenters. The minimum Gasteiger partial charge on any atom is -0.490 e. The number of ether oxygens (including phenoxy) is 2. The van der Waals surface area contributed by atoms with E-state index in [2.05, 4.69) is 15.9 Å². The fourth-order valence-electron chi connectivity index (χ4n) is 4.03. The van der Waals surface area contributed by atoms with E-state index in [1.54, 1.807) is 4.90 Å². The third kappa shape index (κ3) is 5.05. The lowest BCUT2D eigenvalue weighted by atomic mass is 10.1. The number of hydrogen-bond acceptors (Lipinski definition) is 5. The number of thiocarbonyl (C=S) groups is 1. The molecule has 1 saturated heterocycles. The summed E-state index contributed by atoms with van der Waals surface area (Å²) >= 11 is 10.6. The quantitative estimate of drug-likeness (QED) is 0.165. The number of anilines is 1. The van der Waals surface area contributed by atoms with Gasteiger partial charge in [0.15, 0.2) is 15.8 Å². The second-order valence-electron chi connectivity index (χ2n) is 8.05. The van der Waals surface area contributed by atoms with Crippen LogP contribution in [0.3, 0.4) is 0 Å². The summed E-state index contributed by atoms with van der Waals surface area (Å²) in [6, 6.07) is 27.7. The van der Waals surface area contributed by atoms with Crippen LogP contribution in [0.15, 0.2) is 94.3 Å². The first-order valence-corrected chi connectivity index (χ1v) is 13.5. The number of rotatable bonds is 7. The Bertz CT molecular complexity index is 1480. The highest BCUT2D eigenvalue weighted by Crippen LogP contribution is 2.41. The van der Waals surface area contributed by atoms with E-state index in [0.717, 1.165) is 32.1 Å². The molecule has 0 unspecified atom stereocenters. The maximum absolute atomic E-state index is 13.5. The average Bonchev–Trinajstić information content (AvgIpc) is 3.16. The molecule has 180 valence electrons. The second-order valence-corrected chi connectivity index (χ2v) is 10.6. The van der Waals surface area contributed by atoms with Crippen LogP contribution in [-0.4, -0.2) is 16.8 Å². The Kier molecular flexibility index (Phi) is 7.41. The summed E-state index contributed by atoms with van der Waals surface area (Å²) in [4.78, 5) is 15.6. The van der Waals surface area contributed by atoms with E-state index in [9.17, 15) is 4.79 Å². The molecule has 0 radical (unpaired) electrons. The Morgan fingerprint density at radius 2 is 1.72 bits per heavy atom. The van der Waals surface area contributed by atoms with Crippen LogP contribution in [0.1, 0.15) is 18.1 Å². The van der Waals surface area contributed by atoms with Crippen molar-refractivity contribution in [2.24, 2.45) is 0 Å². The third-order valence-corrected chi connectivity index (χ3v) is 7.55. The molecule has 0 saturated carbocycles. The molecule has 0 aliphatic carbocycles.